The fourth-order valence-corrected chi connectivity index (χ4v) is 2.37. The van der Waals surface area contributed by atoms with Crippen molar-refractivity contribution in [3.05, 3.63) is 12.7 Å². The third kappa shape index (κ3) is 3.45. The lowest BCUT2D eigenvalue weighted by atomic mass is 10.2. The molecule has 0 aliphatic carbocycles. The van der Waals surface area contributed by atoms with Gasteiger partial charge >= 0.3 is 17.8 Å². The number of hydrogen-bond acceptors (Lipinski definition) is 5. The Morgan fingerprint density at radius 2 is 1.95 bits per heavy atom. The summed E-state index contributed by atoms with van der Waals surface area (Å²) >= 11 is 0. The van der Waals surface area contributed by atoms with E-state index in [2.05, 4.69) is 11.9 Å². The van der Waals surface area contributed by atoms with Gasteiger partial charge in [-0.3, -0.25) is 19.3 Å². The van der Waals surface area contributed by atoms with Crippen LogP contribution in [0.15, 0.2) is 12.7 Å². The van der Waals surface area contributed by atoms with Gasteiger partial charge in [0.1, 0.15) is 6.54 Å². The van der Waals surface area contributed by atoms with Crippen LogP contribution in [0.2, 0.25) is 0 Å². The molecule has 2 fully saturated rings. The van der Waals surface area contributed by atoms with Crippen molar-refractivity contribution >= 4 is 36.2 Å². The topological polar surface area (TPSA) is 90.0 Å². The van der Waals surface area contributed by atoms with Crippen LogP contribution in [-0.4, -0.2) is 77.2 Å². The average molecular weight is 331 g/mol. The van der Waals surface area contributed by atoms with Crippen molar-refractivity contribution in [2.75, 3.05) is 32.7 Å². The van der Waals surface area contributed by atoms with E-state index in [-0.39, 0.29) is 30.9 Å². The first kappa shape index (κ1) is 18.1. The molecule has 1 unspecified atom stereocenters. The number of nitrogens with one attached hydrogen (secondary N) is 1. The molecule has 2 aliphatic rings. The second-order valence-corrected chi connectivity index (χ2v) is 5.07. The molecule has 0 bridgehead atoms. The van der Waals surface area contributed by atoms with Crippen LogP contribution in [0.5, 0.6) is 0 Å². The molecule has 22 heavy (non-hydrogen) atoms. The van der Waals surface area contributed by atoms with Gasteiger partial charge < -0.3 is 10.2 Å². The molecule has 2 rings (SSSR count). The monoisotopic (exact) mass is 330 g/mol. The summed E-state index contributed by atoms with van der Waals surface area (Å²) in [5.41, 5.74) is 0. The van der Waals surface area contributed by atoms with Crippen molar-refractivity contribution in [2.24, 2.45) is 0 Å². The molecule has 8 nitrogen and oxygen atoms in total. The molecule has 5 amide bonds. The van der Waals surface area contributed by atoms with Crippen molar-refractivity contribution in [1.82, 2.24) is 20.0 Å². The lowest BCUT2D eigenvalue weighted by Crippen LogP contribution is -2.54. The second-order valence-electron chi connectivity index (χ2n) is 5.07. The maximum absolute atomic E-state index is 12.2. The summed E-state index contributed by atoms with van der Waals surface area (Å²) in [5.74, 6) is -2.21. The van der Waals surface area contributed by atoms with Gasteiger partial charge in [-0.1, -0.05) is 6.08 Å². The highest BCUT2D eigenvalue weighted by molar-refractivity contribution is 6.45. The van der Waals surface area contributed by atoms with Gasteiger partial charge in [0.15, 0.2) is 0 Å². The zero-order chi connectivity index (χ0) is 15.6. The summed E-state index contributed by atoms with van der Waals surface area (Å²) in [6, 6.07) is -0.604. The third-order valence-electron chi connectivity index (χ3n) is 3.46. The van der Waals surface area contributed by atoms with Crippen LogP contribution >= 0.6 is 12.4 Å². The predicted molar refractivity (Wildman–Crippen MR) is 80.3 cm³/mol. The van der Waals surface area contributed by atoms with E-state index in [1.165, 1.54) is 6.08 Å². The van der Waals surface area contributed by atoms with Crippen molar-refractivity contribution in [2.45, 2.75) is 13.0 Å². The zero-order valence-electron chi connectivity index (χ0n) is 12.3. The van der Waals surface area contributed by atoms with Crippen LogP contribution in [0, 0.1) is 0 Å². The predicted octanol–water partition coefficient (Wildman–Crippen LogP) is -0.795. The average Bonchev–Trinajstić information content (AvgIpc) is 2.65. The van der Waals surface area contributed by atoms with Gasteiger partial charge in [0, 0.05) is 32.2 Å². The van der Waals surface area contributed by atoms with Gasteiger partial charge in [-0.15, -0.1) is 19.0 Å². The van der Waals surface area contributed by atoms with Crippen molar-refractivity contribution in [3.8, 4) is 0 Å². The highest BCUT2D eigenvalue weighted by Crippen LogP contribution is 2.12. The molecule has 0 aromatic rings. The van der Waals surface area contributed by atoms with Crippen LogP contribution in [0.3, 0.4) is 0 Å². The van der Waals surface area contributed by atoms with Crippen LogP contribution < -0.4 is 5.32 Å². The smallest absolute Gasteiger partial charge is 0.335 e. The summed E-state index contributed by atoms with van der Waals surface area (Å²) in [6.07, 6.45) is 1.35. The number of nitrogens with zero attached hydrogens (tertiary/aromatic N) is 3. The number of imide groups is 2. The minimum Gasteiger partial charge on any atom is -0.338 e. The minimum atomic E-state index is -0.960. The van der Waals surface area contributed by atoms with Gasteiger partial charge in [-0.05, 0) is 6.92 Å². The van der Waals surface area contributed by atoms with Crippen molar-refractivity contribution in [3.63, 3.8) is 0 Å². The fraction of sp³-hybridized carbons (Fsp3) is 0.538. The Balaban J connectivity index is 0.00000242. The highest BCUT2D eigenvalue weighted by atomic mass is 35.5. The van der Waals surface area contributed by atoms with E-state index in [9.17, 15) is 19.2 Å². The molecule has 1 N–H and O–H groups in total. The Bertz CT molecular complexity index is 510. The van der Waals surface area contributed by atoms with Crippen LogP contribution in [-0.2, 0) is 14.4 Å². The Hall–Kier alpha value is -1.93. The number of piperazine rings is 1. The summed E-state index contributed by atoms with van der Waals surface area (Å²) in [7, 11) is 0. The molecule has 2 aliphatic heterocycles. The van der Waals surface area contributed by atoms with Gasteiger partial charge in [0.05, 0.1) is 0 Å². The van der Waals surface area contributed by atoms with Gasteiger partial charge in [-0.2, -0.15) is 0 Å². The lowest BCUT2D eigenvalue weighted by Gasteiger charge is -2.32. The molecule has 9 heteroatoms. The number of carbonyl (C=O) groups is 4. The van der Waals surface area contributed by atoms with Crippen molar-refractivity contribution < 1.29 is 19.2 Å². The first-order valence-corrected chi connectivity index (χ1v) is 6.75. The molecule has 122 valence electrons. The Labute approximate surface area is 134 Å². The molecule has 2 heterocycles. The summed E-state index contributed by atoms with van der Waals surface area (Å²) in [5, 5.41) is 3.19. The van der Waals surface area contributed by atoms with Gasteiger partial charge in [-0.25, -0.2) is 9.69 Å². The largest absolute Gasteiger partial charge is 0.338 e. The molecule has 0 aromatic heterocycles. The van der Waals surface area contributed by atoms with E-state index in [4.69, 9.17) is 0 Å². The Kier molecular flexibility index (Phi) is 6.07. The normalized spacial score (nSPS) is 22.0. The van der Waals surface area contributed by atoms with Crippen LogP contribution in [0.25, 0.3) is 0 Å². The summed E-state index contributed by atoms with van der Waals surface area (Å²) in [4.78, 5) is 50.6. The van der Waals surface area contributed by atoms with Crippen LogP contribution in [0.1, 0.15) is 6.92 Å². The van der Waals surface area contributed by atoms with E-state index in [0.717, 1.165) is 4.90 Å². The summed E-state index contributed by atoms with van der Waals surface area (Å²) in [6.45, 7) is 6.63. The molecular formula is C13H19ClN4O4. The van der Waals surface area contributed by atoms with E-state index < -0.39 is 24.4 Å². The quantitative estimate of drug-likeness (QED) is 0.414. The van der Waals surface area contributed by atoms with Crippen LogP contribution in [0.4, 0.5) is 4.79 Å². The number of amides is 5. The Morgan fingerprint density at radius 1 is 1.32 bits per heavy atom. The molecular weight excluding hydrogens is 312 g/mol. The number of rotatable bonds is 4. The van der Waals surface area contributed by atoms with E-state index in [1.54, 1.807) is 4.90 Å². The second kappa shape index (κ2) is 7.37. The standard InChI is InChI=1S/C13H18N4O4.ClH/c1-3-5-16-11(19)12(20)17(13(16)21)8-10(18)15-6-4-14-9(2)7-15;/h3,9,14H,1,4-8H2,2H3;1H. The van der Waals surface area contributed by atoms with Gasteiger partial charge in [0.25, 0.3) is 0 Å². The lowest BCUT2D eigenvalue weighted by molar-refractivity contribution is -0.145. The maximum Gasteiger partial charge on any atom is 0.335 e. The maximum atomic E-state index is 12.2. The molecule has 0 aromatic carbocycles. The number of carbonyl (C=O) groups excluding carboxylic acids is 4. The van der Waals surface area contributed by atoms with E-state index in [0.29, 0.717) is 24.5 Å². The fourth-order valence-electron chi connectivity index (χ4n) is 2.37. The molecule has 0 radical (unpaired) electrons. The molecule has 2 saturated heterocycles. The van der Waals surface area contributed by atoms with E-state index >= 15 is 0 Å². The van der Waals surface area contributed by atoms with Gasteiger partial charge in [0.2, 0.25) is 5.91 Å². The summed E-state index contributed by atoms with van der Waals surface area (Å²) < 4.78 is 0. The molecule has 0 saturated carbocycles. The third-order valence-corrected chi connectivity index (χ3v) is 3.46. The first-order chi connectivity index (χ1) is 9.95. The van der Waals surface area contributed by atoms with E-state index in [1.807, 2.05) is 6.92 Å². The van der Waals surface area contributed by atoms with Crippen molar-refractivity contribution in [1.29, 1.82) is 0 Å². The Morgan fingerprint density at radius 3 is 2.55 bits per heavy atom. The zero-order valence-corrected chi connectivity index (χ0v) is 13.1. The number of urea groups is 1. The number of hydrogen-bond donors (Lipinski definition) is 1. The molecule has 0 spiro atoms. The highest BCUT2D eigenvalue weighted by Gasteiger charge is 2.45. The number of halogens is 1. The minimum absolute atomic E-state index is 0. The molecule has 1 atom stereocenters. The SMILES string of the molecule is C=CCN1C(=O)C(=O)N(CC(=O)N2CCNC(C)C2)C1=O.Cl. The first-order valence-electron chi connectivity index (χ1n) is 6.75.